The number of amides is 1. The number of halogens is 2. The summed E-state index contributed by atoms with van der Waals surface area (Å²) in [7, 11) is 0. The van der Waals surface area contributed by atoms with Gasteiger partial charge < -0.3 is 5.32 Å². The van der Waals surface area contributed by atoms with Crippen molar-refractivity contribution >= 4 is 39.3 Å². The molecule has 1 N–H and O–H groups in total. The minimum absolute atomic E-state index is 0.244. The van der Waals surface area contributed by atoms with E-state index in [1.165, 1.54) is 0 Å². The van der Waals surface area contributed by atoms with E-state index < -0.39 is 0 Å². The van der Waals surface area contributed by atoms with Crippen molar-refractivity contribution in [2.24, 2.45) is 0 Å². The zero-order chi connectivity index (χ0) is 13.1. The number of aromatic nitrogens is 1. The number of anilines is 1. The number of nitrogens with zero attached hydrogens (tertiary/aromatic N) is 1. The van der Waals surface area contributed by atoms with Gasteiger partial charge in [0.05, 0.1) is 10.6 Å². The Morgan fingerprint density at radius 1 is 1.33 bits per heavy atom. The lowest BCUT2D eigenvalue weighted by Crippen LogP contribution is -2.14. The van der Waals surface area contributed by atoms with Crippen LogP contribution in [0.1, 0.15) is 15.9 Å². The third-order valence-electron chi connectivity index (χ3n) is 2.43. The normalized spacial score (nSPS) is 10.2. The minimum atomic E-state index is -0.244. The number of pyridine rings is 1. The van der Waals surface area contributed by atoms with E-state index in [2.05, 4.69) is 26.2 Å². The van der Waals surface area contributed by atoms with Crippen LogP contribution in [0.4, 0.5) is 5.82 Å². The predicted molar refractivity (Wildman–Crippen MR) is 76.1 cm³/mol. The fourth-order valence-electron chi connectivity index (χ4n) is 1.48. The van der Waals surface area contributed by atoms with Crippen molar-refractivity contribution in [3.8, 4) is 0 Å². The second-order valence-electron chi connectivity index (χ2n) is 3.72. The molecule has 18 heavy (non-hydrogen) atoms. The lowest BCUT2D eigenvalue weighted by molar-refractivity contribution is 0.102. The molecule has 0 saturated heterocycles. The molecule has 2 aromatic rings. The smallest absolute Gasteiger partial charge is 0.258 e. The van der Waals surface area contributed by atoms with Gasteiger partial charge in [-0.15, -0.1) is 0 Å². The van der Waals surface area contributed by atoms with Gasteiger partial charge in [0.2, 0.25) is 0 Å². The monoisotopic (exact) mass is 324 g/mol. The van der Waals surface area contributed by atoms with Gasteiger partial charge in [-0.1, -0.05) is 23.7 Å². The molecule has 0 aliphatic heterocycles. The van der Waals surface area contributed by atoms with E-state index in [-0.39, 0.29) is 5.91 Å². The molecule has 1 heterocycles. The van der Waals surface area contributed by atoms with E-state index in [0.717, 1.165) is 10.0 Å². The molecule has 0 aliphatic carbocycles. The first kappa shape index (κ1) is 13.1. The van der Waals surface area contributed by atoms with Gasteiger partial charge in [-0.25, -0.2) is 4.98 Å². The molecule has 0 saturated carbocycles. The van der Waals surface area contributed by atoms with Crippen LogP contribution in [0.25, 0.3) is 0 Å². The van der Waals surface area contributed by atoms with Gasteiger partial charge in [0, 0.05) is 10.7 Å². The summed E-state index contributed by atoms with van der Waals surface area (Å²) in [6.45, 7) is 1.93. The van der Waals surface area contributed by atoms with Crippen molar-refractivity contribution in [1.29, 1.82) is 0 Å². The molecular weight excluding hydrogens is 316 g/mol. The molecule has 0 atom stereocenters. The molecule has 1 aromatic carbocycles. The molecule has 2 rings (SSSR count). The summed E-state index contributed by atoms with van der Waals surface area (Å²) in [4.78, 5) is 16.1. The SMILES string of the molecule is Cc1cccc(C(=O)Nc2ncccc2Cl)c1Br. The first-order valence-electron chi connectivity index (χ1n) is 5.26. The summed E-state index contributed by atoms with van der Waals surface area (Å²) in [6, 6.07) is 8.88. The molecule has 0 radical (unpaired) electrons. The Labute approximate surface area is 118 Å². The van der Waals surface area contributed by atoms with Crippen LogP contribution in [-0.4, -0.2) is 10.9 Å². The number of aryl methyl sites for hydroxylation is 1. The van der Waals surface area contributed by atoms with Crippen molar-refractivity contribution in [2.45, 2.75) is 6.92 Å². The topological polar surface area (TPSA) is 42.0 Å². The van der Waals surface area contributed by atoms with Crippen LogP contribution in [0.2, 0.25) is 5.02 Å². The molecule has 1 aromatic heterocycles. The Balaban J connectivity index is 2.28. The zero-order valence-electron chi connectivity index (χ0n) is 9.58. The number of hydrogen-bond acceptors (Lipinski definition) is 2. The van der Waals surface area contributed by atoms with Gasteiger partial charge in [-0.2, -0.15) is 0 Å². The Kier molecular flexibility index (Phi) is 3.99. The van der Waals surface area contributed by atoms with Crippen LogP contribution >= 0.6 is 27.5 Å². The molecule has 92 valence electrons. The van der Waals surface area contributed by atoms with E-state index >= 15 is 0 Å². The quantitative estimate of drug-likeness (QED) is 0.905. The molecule has 5 heteroatoms. The van der Waals surface area contributed by atoms with Crippen LogP contribution in [0.15, 0.2) is 41.0 Å². The fourth-order valence-corrected chi connectivity index (χ4v) is 2.09. The first-order chi connectivity index (χ1) is 8.59. The highest BCUT2D eigenvalue weighted by Crippen LogP contribution is 2.23. The third-order valence-corrected chi connectivity index (χ3v) is 3.78. The van der Waals surface area contributed by atoms with Crippen LogP contribution in [0.5, 0.6) is 0 Å². The molecule has 0 aliphatic rings. The second-order valence-corrected chi connectivity index (χ2v) is 4.92. The predicted octanol–water partition coefficient (Wildman–Crippen LogP) is 4.06. The summed E-state index contributed by atoms with van der Waals surface area (Å²) in [6.07, 6.45) is 1.58. The lowest BCUT2D eigenvalue weighted by atomic mass is 10.1. The standard InChI is InChI=1S/C13H10BrClN2O/c1-8-4-2-5-9(11(8)14)13(18)17-12-10(15)6-3-7-16-12/h2-7H,1H3,(H,16,17,18). The molecule has 0 bridgehead atoms. The maximum Gasteiger partial charge on any atom is 0.258 e. The Hall–Kier alpha value is -1.39. The summed E-state index contributed by atoms with van der Waals surface area (Å²) in [5.41, 5.74) is 1.55. The molecular formula is C13H10BrClN2O. The highest BCUT2D eigenvalue weighted by molar-refractivity contribution is 9.10. The van der Waals surface area contributed by atoms with Crippen molar-refractivity contribution in [3.05, 3.63) is 57.2 Å². The van der Waals surface area contributed by atoms with Gasteiger partial charge in [-0.3, -0.25) is 4.79 Å². The number of rotatable bonds is 2. The fraction of sp³-hybridized carbons (Fsp3) is 0.0769. The van der Waals surface area contributed by atoms with Crippen LogP contribution in [-0.2, 0) is 0 Å². The Morgan fingerprint density at radius 3 is 2.83 bits per heavy atom. The van der Waals surface area contributed by atoms with Gasteiger partial charge >= 0.3 is 0 Å². The lowest BCUT2D eigenvalue weighted by Gasteiger charge is -2.08. The number of carbonyl (C=O) groups excluding carboxylic acids is 1. The van der Waals surface area contributed by atoms with Crippen molar-refractivity contribution in [1.82, 2.24) is 4.98 Å². The number of nitrogens with one attached hydrogen (secondary N) is 1. The summed E-state index contributed by atoms with van der Waals surface area (Å²) < 4.78 is 0.773. The minimum Gasteiger partial charge on any atom is -0.305 e. The maximum absolute atomic E-state index is 12.1. The molecule has 0 fully saturated rings. The number of carbonyl (C=O) groups is 1. The average molecular weight is 326 g/mol. The van der Waals surface area contributed by atoms with Gasteiger partial charge in [0.15, 0.2) is 5.82 Å². The summed E-state index contributed by atoms with van der Waals surface area (Å²) in [5.74, 6) is 0.115. The van der Waals surface area contributed by atoms with Crippen molar-refractivity contribution in [3.63, 3.8) is 0 Å². The summed E-state index contributed by atoms with van der Waals surface area (Å²) >= 11 is 9.34. The molecule has 1 amide bonds. The number of hydrogen-bond donors (Lipinski definition) is 1. The zero-order valence-corrected chi connectivity index (χ0v) is 11.9. The van der Waals surface area contributed by atoms with E-state index in [1.54, 1.807) is 24.4 Å². The van der Waals surface area contributed by atoms with Crippen LogP contribution in [0, 0.1) is 6.92 Å². The van der Waals surface area contributed by atoms with Crippen LogP contribution < -0.4 is 5.32 Å². The number of benzene rings is 1. The van der Waals surface area contributed by atoms with Crippen LogP contribution in [0.3, 0.4) is 0 Å². The summed E-state index contributed by atoms with van der Waals surface area (Å²) in [5, 5.41) is 3.09. The van der Waals surface area contributed by atoms with E-state index in [0.29, 0.717) is 16.4 Å². The Bertz CT molecular complexity index is 601. The van der Waals surface area contributed by atoms with E-state index in [4.69, 9.17) is 11.6 Å². The van der Waals surface area contributed by atoms with E-state index in [1.807, 2.05) is 19.1 Å². The molecule has 0 spiro atoms. The Morgan fingerprint density at radius 2 is 2.11 bits per heavy atom. The maximum atomic E-state index is 12.1. The second kappa shape index (κ2) is 5.50. The van der Waals surface area contributed by atoms with Crippen molar-refractivity contribution in [2.75, 3.05) is 5.32 Å². The molecule has 3 nitrogen and oxygen atoms in total. The first-order valence-corrected chi connectivity index (χ1v) is 6.43. The highest BCUT2D eigenvalue weighted by Gasteiger charge is 2.13. The molecule has 0 unspecified atom stereocenters. The van der Waals surface area contributed by atoms with Gasteiger partial charge in [-0.05, 0) is 46.6 Å². The largest absolute Gasteiger partial charge is 0.305 e. The average Bonchev–Trinajstić information content (AvgIpc) is 2.35. The van der Waals surface area contributed by atoms with Gasteiger partial charge in [0.25, 0.3) is 5.91 Å². The third kappa shape index (κ3) is 2.71. The van der Waals surface area contributed by atoms with Gasteiger partial charge in [0.1, 0.15) is 0 Å². The highest BCUT2D eigenvalue weighted by atomic mass is 79.9. The van der Waals surface area contributed by atoms with Crippen molar-refractivity contribution < 1.29 is 4.79 Å². The van der Waals surface area contributed by atoms with E-state index in [9.17, 15) is 4.79 Å².